The highest BCUT2D eigenvalue weighted by molar-refractivity contribution is 9.10. The highest BCUT2D eigenvalue weighted by Crippen LogP contribution is 2.29. The highest BCUT2D eigenvalue weighted by Gasteiger charge is 2.17. The van der Waals surface area contributed by atoms with Crippen molar-refractivity contribution in [1.82, 2.24) is 0 Å². The number of hydrogen-bond donors (Lipinski definition) is 2. The van der Waals surface area contributed by atoms with E-state index in [4.69, 9.17) is 0 Å². The molecule has 0 radical (unpaired) electrons. The molecular formula is C19H23BrN2O. The number of carbonyl (C=O) groups is 1. The Bertz CT molecular complexity index is 660. The number of amides is 1. The number of anilines is 2. The molecular weight excluding hydrogens is 352 g/mol. The molecule has 0 saturated heterocycles. The molecule has 2 aromatic carbocycles. The molecule has 0 unspecified atom stereocenters. The maximum atomic E-state index is 12.0. The summed E-state index contributed by atoms with van der Waals surface area (Å²) < 4.78 is 0.996. The second-order valence-electron chi connectivity index (χ2n) is 6.53. The van der Waals surface area contributed by atoms with Crippen LogP contribution in [0.3, 0.4) is 0 Å². The maximum Gasteiger partial charge on any atom is 0.226 e. The lowest BCUT2D eigenvalue weighted by Crippen LogP contribution is -2.19. The van der Waals surface area contributed by atoms with Crippen LogP contribution in [-0.2, 0) is 10.2 Å². The van der Waals surface area contributed by atoms with Gasteiger partial charge in [-0.25, -0.2) is 0 Å². The third kappa shape index (κ3) is 5.39. The lowest BCUT2D eigenvalue weighted by molar-refractivity contribution is -0.115. The van der Waals surface area contributed by atoms with E-state index in [1.54, 1.807) is 0 Å². The third-order valence-electron chi connectivity index (χ3n) is 3.53. The van der Waals surface area contributed by atoms with E-state index in [0.717, 1.165) is 15.8 Å². The molecule has 122 valence electrons. The van der Waals surface area contributed by atoms with Crippen molar-refractivity contribution in [3.8, 4) is 0 Å². The Morgan fingerprint density at radius 1 is 1.04 bits per heavy atom. The summed E-state index contributed by atoms with van der Waals surface area (Å²) >= 11 is 3.38. The Morgan fingerprint density at radius 3 is 2.35 bits per heavy atom. The monoisotopic (exact) mass is 374 g/mol. The van der Waals surface area contributed by atoms with Crippen LogP contribution in [0.25, 0.3) is 0 Å². The second kappa shape index (κ2) is 7.64. The number of para-hydroxylation sites is 1. The van der Waals surface area contributed by atoms with Crippen LogP contribution < -0.4 is 10.6 Å². The van der Waals surface area contributed by atoms with Gasteiger partial charge in [-0.15, -0.1) is 0 Å². The zero-order valence-corrected chi connectivity index (χ0v) is 15.4. The fourth-order valence-corrected chi connectivity index (χ4v) is 2.62. The first-order valence-corrected chi connectivity index (χ1v) is 8.54. The summed E-state index contributed by atoms with van der Waals surface area (Å²) in [5, 5.41) is 6.28. The Labute approximate surface area is 146 Å². The molecule has 23 heavy (non-hydrogen) atoms. The van der Waals surface area contributed by atoms with E-state index < -0.39 is 0 Å². The van der Waals surface area contributed by atoms with Gasteiger partial charge in [-0.3, -0.25) is 4.79 Å². The summed E-state index contributed by atoms with van der Waals surface area (Å²) in [5.74, 6) is 0.00747. The van der Waals surface area contributed by atoms with Crippen LogP contribution >= 0.6 is 15.9 Å². The molecule has 0 spiro atoms. The van der Waals surface area contributed by atoms with Crippen molar-refractivity contribution in [3.63, 3.8) is 0 Å². The van der Waals surface area contributed by atoms with Crippen molar-refractivity contribution in [3.05, 3.63) is 58.6 Å². The first-order valence-electron chi connectivity index (χ1n) is 7.75. The van der Waals surface area contributed by atoms with Crippen molar-refractivity contribution >= 4 is 33.2 Å². The standard InChI is InChI=1S/C19H23BrN2O/c1-19(2,3)16-6-4-5-7-17(16)21-13-12-18(23)22-15-10-8-14(20)9-11-15/h4-11,21H,12-13H2,1-3H3,(H,22,23). The second-order valence-corrected chi connectivity index (χ2v) is 7.44. The topological polar surface area (TPSA) is 41.1 Å². The van der Waals surface area contributed by atoms with E-state index in [9.17, 15) is 4.79 Å². The summed E-state index contributed by atoms with van der Waals surface area (Å²) in [4.78, 5) is 12.0. The maximum absolute atomic E-state index is 12.0. The summed E-state index contributed by atoms with van der Waals surface area (Å²) in [6.45, 7) is 7.17. The van der Waals surface area contributed by atoms with Crippen LogP contribution in [0.2, 0.25) is 0 Å². The number of halogens is 1. The minimum atomic E-state index is 0.00747. The average molecular weight is 375 g/mol. The van der Waals surface area contributed by atoms with Gasteiger partial charge in [0.2, 0.25) is 5.91 Å². The SMILES string of the molecule is CC(C)(C)c1ccccc1NCCC(=O)Nc1ccc(Br)cc1. The number of carbonyl (C=O) groups excluding carboxylic acids is 1. The van der Waals surface area contributed by atoms with Gasteiger partial charge in [-0.1, -0.05) is 54.9 Å². The summed E-state index contributed by atoms with van der Waals surface area (Å²) in [7, 11) is 0. The van der Waals surface area contributed by atoms with Gasteiger partial charge in [0.15, 0.2) is 0 Å². The first-order chi connectivity index (χ1) is 10.9. The molecule has 0 heterocycles. The Morgan fingerprint density at radius 2 is 1.70 bits per heavy atom. The number of hydrogen-bond acceptors (Lipinski definition) is 2. The third-order valence-corrected chi connectivity index (χ3v) is 4.06. The van der Waals surface area contributed by atoms with Crippen LogP contribution in [0.4, 0.5) is 11.4 Å². The molecule has 4 heteroatoms. The number of benzene rings is 2. The van der Waals surface area contributed by atoms with Crippen molar-refractivity contribution in [2.45, 2.75) is 32.6 Å². The molecule has 2 rings (SSSR count). The fourth-order valence-electron chi connectivity index (χ4n) is 2.36. The van der Waals surface area contributed by atoms with E-state index in [0.29, 0.717) is 13.0 Å². The molecule has 0 fully saturated rings. The van der Waals surface area contributed by atoms with Gasteiger partial charge in [-0.05, 0) is 41.3 Å². The normalized spacial score (nSPS) is 11.1. The molecule has 0 aliphatic rings. The van der Waals surface area contributed by atoms with E-state index in [1.807, 2.05) is 36.4 Å². The molecule has 0 aliphatic heterocycles. The van der Waals surface area contributed by atoms with Crippen molar-refractivity contribution in [2.24, 2.45) is 0 Å². The number of rotatable bonds is 5. The van der Waals surface area contributed by atoms with Crippen molar-refractivity contribution in [2.75, 3.05) is 17.2 Å². The van der Waals surface area contributed by atoms with Gasteiger partial charge in [0.05, 0.1) is 0 Å². The van der Waals surface area contributed by atoms with Crippen LogP contribution in [0.1, 0.15) is 32.8 Å². The minimum Gasteiger partial charge on any atom is -0.384 e. The highest BCUT2D eigenvalue weighted by atomic mass is 79.9. The summed E-state index contributed by atoms with van der Waals surface area (Å²) in [6.07, 6.45) is 0.425. The minimum absolute atomic E-state index is 0.00747. The molecule has 0 bridgehead atoms. The van der Waals surface area contributed by atoms with E-state index >= 15 is 0 Å². The predicted molar refractivity (Wildman–Crippen MR) is 101 cm³/mol. The lowest BCUT2D eigenvalue weighted by atomic mass is 9.86. The predicted octanol–water partition coefficient (Wildman–Crippen LogP) is 5.19. The largest absolute Gasteiger partial charge is 0.384 e. The van der Waals surface area contributed by atoms with Gasteiger partial charge in [0, 0.05) is 28.8 Å². The zero-order valence-electron chi connectivity index (χ0n) is 13.8. The van der Waals surface area contributed by atoms with Crippen LogP contribution in [0.15, 0.2) is 53.0 Å². The molecule has 1 amide bonds. The van der Waals surface area contributed by atoms with E-state index in [2.05, 4.69) is 59.5 Å². The molecule has 2 aromatic rings. The number of nitrogens with one attached hydrogen (secondary N) is 2. The molecule has 0 atom stereocenters. The summed E-state index contributed by atoms with van der Waals surface area (Å²) in [5.41, 5.74) is 3.24. The first kappa shape index (κ1) is 17.5. The van der Waals surface area contributed by atoms with E-state index in [-0.39, 0.29) is 11.3 Å². The van der Waals surface area contributed by atoms with Crippen molar-refractivity contribution < 1.29 is 4.79 Å². The Balaban J connectivity index is 1.88. The van der Waals surface area contributed by atoms with Gasteiger partial charge >= 0.3 is 0 Å². The summed E-state index contributed by atoms with van der Waals surface area (Å²) in [6, 6.07) is 15.8. The molecule has 0 aliphatic carbocycles. The molecule has 0 aromatic heterocycles. The van der Waals surface area contributed by atoms with E-state index in [1.165, 1.54) is 5.56 Å². The van der Waals surface area contributed by atoms with Gasteiger partial charge < -0.3 is 10.6 Å². The lowest BCUT2D eigenvalue weighted by Gasteiger charge is -2.23. The van der Waals surface area contributed by atoms with Gasteiger partial charge in [0.25, 0.3) is 0 Å². The Hall–Kier alpha value is -1.81. The Kier molecular flexibility index (Phi) is 5.83. The molecule has 3 nitrogen and oxygen atoms in total. The smallest absolute Gasteiger partial charge is 0.226 e. The fraction of sp³-hybridized carbons (Fsp3) is 0.316. The molecule has 0 saturated carbocycles. The van der Waals surface area contributed by atoms with Gasteiger partial charge in [-0.2, -0.15) is 0 Å². The van der Waals surface area contributed by atoms with Gasteiger partial charge in [0.1, 0.15) is 0 Å². The quantitative estimate of drug-likeness (QED) is 0.755. The van der Waals surface area contributed by atoms with Crippen LogP contribution in [0.5, 0.6) is 0 Å². The molecule has 2 N–H and O–H groups in total. The zero-order chi connectivity index (χ0) is 16.9. The van der Waals surface area contributed by atoms with Crippen LogP contribution in [0, 0.1) is 0 Å². The van der Waals surface area contributed by atoms with Crippen LogP contribution in [-0.4, -0.2) is 12.5 Å². The van der Waals surface area contributed by atoms with Crippen molar-refractivity contribution in [1.29, 1.82) is 0 Å². The average Bonchev–Trinajstić information content (AvgIpc) is 2.49.